The summed E-state index contributed by atoms with van der Waals surface area (Å²) in [6, 6.07) is 16.1. The number of rotatable bonds is 12. The molecule has 10 nitrogen and oxygen atoms in total. The van der Waals surface area contributed by atoms with E-state index >= 15 is 8.78 Å². The number of carbonyl (C=O) groups is 2. The molecule has 1 aliphatic carbocycles. The van der Waals surface area contributed by atoms with Crippen LogP contribution in [0.4, 0.5) is 13.6 Å². The first-order valence-electron chi connectivity index (χ1n) is 16.1. The molecular weight excluding hydrogens is 616 g/mol. The molecule has 0 radical (unpaired) electrons. The van der Waals surface area contributed by atoms with E-state index in [1.54, 1.807) is 35.4 Å². The topological polar surface area (TPSA) is 119 Å². The number of imidazole rings is 2. The van der Waals surface area contributed by atoms with E-state index in [1.165, 1.54) is 13.2 Å². The zero-order valence-corrected chi connectivity index (χ0v) is 27.5. The van der Waals surface area contributed by atoms with Crippen molar-refractivity contribution in [3.63, 3.8) is 0 Å². The zero-order valence-electron chi connectivity index (χ0n) is 27.5. The summed E-state index contributed by atoms with van der Waals surface area (Å²) in [4.78, 5) is 43.5. The number of nitrogens with one attached hydrogen (secondary N) is 3. The lowest BCUT2D eigenvalue weighted by atomic mass is 9.98. The third-order valence-corrected chi connectivity index (χ3v) is 8.59. The number of carbonyl (C=O) groups excluding carboxylic acids is 2. The summed E-state index contributed by atoms with van der Waals surface area (Å²) < 4.78 is 36.8. The number of aromatic nitrogens is 4. The van der Waals surface area contributed by atoms with Gasteiger partial charge in [-0.25, -0.2) is 14.8 Å². The minimum Gasteiger partial charge on any atom is -0.453 e. The van der Waals surface area contributed by atoms with Gasteiger partial charge in [-0.05, 0) is 73.0 Å². The summed E-state index contributed by atoms with van der Waals surface area (Å²) in [7, 11) is 3.28. The Balaban J connectivity index is 1.22. The van der Waals surface area contributed by atoms with Crippen LogP contribution < -0.4 is 5.32 Å². The van der Waals surface area contributed by atoms with Crippen molar-refractivity contribution in [1.82, 2.24) is 35.1 Å². The molecule has 0 saturated heterocycles. The van der Waals surface area contributed by atoms with Crippen LogP contribution >= 0.6 is 0 Å². The molecule has 5 aromatic rings. The number of hydrogen-bond donors (Lipinski definition) is 3. The first kappa shape index (κ1) is 32.8. The van der Waals surface area contributed by atoms with E-state index in [0.717, 1.165) is 35.4 Å². The molecule has 12 heteroatoms. The molecule has 2 heterocycles. The van der Waals surface area contributed by atoms with Gasteiger partial charge in [-0.2, -0.15) is 8.78 Å². The lowest BCUT2D eigenvalue weighted by Crippen LogP contribution is -2.40. The number of alkyl carbamates (subject to hydrolysis) is 1. The Hall–Kier alpha value is -5.10. The molecule has 3 N–H and O–H groups in total. The summed E-state index contributed by atoms with van der Waals surface area (Å²) in [5, 5.41) is 2.40. The number of fused-ring (bicyclic) bond motifs is 4. The molecule has 0 atom stereocenters. The first-order valence-corrected chi connectivity index (χ1v) is 16.1. The van der Waals surface area contributed by atoms with Gasteiger partial charge in [-0.1, -0.05) is 44.2 Å². The number of halogens is 2. The molecule has 0 spiro atoms. The summed E-state index contributed by atoms with van der Waals surface area (Å²) in [6.45, 7) is 6.17. The molecule has 1 aliphatic rings. The average molecular weight is 656 g/mol. The number of alkyl halides is 2. The molecule has 0 aliphatic heterocycles. The van der Waals surface area contributed by atoms with E-state index in [9.17, 15) is 9.59 Å². The number of amides is 2. The van der Waals surface area contributed by atoms with Crippen LogP contribution in [0.25, 0.3) is 44.5 Å². The maximum absolute atomic E-state index is 16.1. The second-order valence-corrected chi connectivity index (χ2v) is 12.2. The number of benzene rings is 3. The Kier molecular flexibility index (Phi) is 9.27. The Bertz CT molecular complexity index is 1970. The van der Waals surface area contributed by atoms with Crippen LogP contribution in [0.3, 0.4) is 0 Å². The molecule has 48 heavy (non-hydrogen) atoms. The largest absolute Gasteiger partial charge is 0.453 e. The SMILES string of the molecule is CCCN(C)Cc1nc2ccc(-c3ccc4c(c3)C(F)(F)c3cc(-c5cnc(CN(CCC)C(=O)CNC(=O)OC)[nH]5)ccc3-4)cc2[nH]1. The number of H-pyrrole nitrogens is 2. The molecule has 3 aromatic carbocycles. The first-order chi connectivity index (χ1) is 23.1. The molecule has 2 amide bonds. The van der Waals surface area contributed by atoms with Crippen LogP contribution in [0.5, 0.6) is 0 Å². The summed E-state index contributed by atoms with van der Waals surface area (Å²) >= 11 is 0. The predicted molar refractivity (Wildman–Crippen MR) is 180 cm³/mol. The van der Waals surface area contributed by atoms with Crippen LogP contribution in [-0.2, 0) is 28.5 Å². The van der Waals surface area contributed by atoms with Gasteiger partial charge in [0.15, 0.2) is 0 Å². The quantitative estimate of drug-likeness (QED) is 0.138. The number of methoxy groups -OCH3 is 1. The van der Waals surface area contributed by atoms with Crippen molar-refractivity contribution < 1.29 is 23.1 Å². The fourth-order valence-corrected chi connectivity index (χ4v) is 6.27. The number of hydrogen-bond acceptors (Lipinski definition) is 6. The summed E-state index contributed by atoms with van der Waals surface area (Å²) in [5.74, 6) is -2.13. The second-order valence-electron chi connectivity index (χ2n) is 12.2. The zero-order chi connectivity index (χ0) is 34.0. The van der Waals surface area contributed by atoms with Crippen LogP contribution in [0.1, 0.15) is 49.5 Å². The molecule has 6 rings (SSSR count). The van der Waals surface area contributed by atoms with E-state index in [2.05, 4.69) is 43.9 Å². The third kappa shape index (κ3) is 6.52. The van der Waals surface area contributed by atoms with Crippen LogP contribution in [0.15, 0.2) is 60.8 Å². The molecule has 0 saturated carbocycles. The third-order valence-electron chi connectivity index (χ3n) is 8.59. The minimum atomic E-state index is -3.20. The van der Waals surface area contributed by atoms with Crippen molar-refractivity contribution in [2.24, 2.45) is 0 Å². The van der Waals surface area contributed by atoms with E-state index in [1.807, 2.05) is 31.2 Å². The van der Waals surface area contributed by atoms with Gasteiger partial charge in [0.25, 0.3) is 5.92 Å². The Labute approximate surface area is 277 Å². The standard InChI is InChI=1S/C36H39F2N7O3/c1-5-13-44(3)20-33-41-29-12-9-23(17-30(29)42-33)22-7-10-25-26-11-8-24(16-28(26)36(37,38)27(25)15-22)31-18-39-32(43-31)21-45(14-6-2)34(46)19-40-35(47)48-4/h7-12,15-18H,5-6,13-14,19-21H2,1-4H3,(H,39,43)(H,40,47)(H,41,42). The highest BCUT2D eigenvalue weighted by atomic mass is 19.3. The van der Waals surface area contributed by atoms with E-state index < -0.39 is 12.0 Å². The second kappa shape index (κ2) is 13.6. The fourth-order valence-electron chi connectivity index (χ4n) is 6.27. The number of ether oxygens (including phenoxy) is 1. The van der Waals surface area contributed by atoms with E-state index in [4.69, 9.17) is 4.98 Å². The molecule has 0 fully saturated rings. The van der Waals surface area contributed by atoms with Gasteiger partial charge < -0.3 is 24.9 Å². The molecular formula is C36H39F2N7O3. The van der Waals surface area contributed by atoms with Gasteiger partial charge in [0.05, 0.1) is 43.1 Å². The number of aromatic amines is 2. The highest BCUT2D eigenvalue weighted by Gasteiger charge is 2.44. The van der Waals surface area contributed by atoms with Crippen molar-refractivity contribution in [2.45, 2.75) is 45.7 Å². The Morgan fingerprint density at radius 3 is 2.25 bits per heavy atom. The summed E-state index contributed by atoms with van der Waals surface area (Å²) in [5.41, 5.74) is 5.27. The highest BCUT2D eigenvalue weighted by Crippen LogP contribution is 2.52. The number of nitrogens with zero attached hydrogens (tertiary/aromatic N) is 4. The lowest BCUT2D eigenvalue weighted by molar-refractivity contribution is -0.130. The smallest absolute Gasteiger partial charge is 0.407 e. The molecule has 250 valence electrons. The van der Waals surface area contributed by atoms with E-state index in [0.29, 0.717) is 53.3 Å². The predicted octanol–water partition coefficient (Wildman–Crippen LogP) is 6.68. The maximum Gasteiger partial charge on any atom is 0.407 e. The summed E-state index contributed by atoms with van der Waals surface area (Å²) in [6.07, 6.45) is 2.65. The van der Waals surface area contributed by atoms with Crippen molar-refractivity contribution >= 4 is 23.0 Å². The van der Waals surface area contributed by atoms with Crippen molar-refractivity contribution in [2.75, 3.05) is 33.8 Å². The molecule has 0 bridgehead atoms. The monoisotopic (exact) mass is 655 g/mol. The van der Waals surface area contributed by atoms with Crippen LogP contribution in [-0.4, -0.2) is 75.5 Å². The van der Waals surface area contributed by atoms with Gasteiger partial charge in [0.1, 0.15) is 18.2 Å². The van der Waals surface area contributed by atoms with Crippen molar-refractivity contribution in [3.05, 3.63) is 83.6 Å². The van der Waals surface area contributed by atoms with Gasteiger partial charge in [0, 0.05) is 23.2 Å². The molecule has 0 unspecified atom stereocenters. The van der Waals surface area contributed by atoms with Crippen molar-refractivity contribution in [1.29, 1.82) is 0 Å². The average Bonchev–Trinajstić information content (AvgIpc) is 3.77. The minimum absolute atomic E-state index is 0.0293. The van der Waals surface area contributed by atoms with Crippen LogP contribution in [0, 0.1) is 0 Å². The molecule has 2 aromatic heterocycles. The van der Waals surface area contributed by atoms with E-state index in [-0.39, 0.29) is 30.1 Å². The lowest BCUT2D eigenvalue weighted by Gasteiger charge is -2.21. The Morgan fingerprint density at radius 2 is 1.54 bits per heavy atom. The van der Waals surface area contributed by atoms with Crippen molar-refractivity contribution in [3.8, 4) is 33.5 Å². The van der Waals surface area contributed by atoms with Gasteiger partial charge in [-0.15, -0.1) is 0 Å². The van der Waals surface area contributed by atoms with Crippen LogP contribution in [0.2, 0.25) is 0 Å². The normalized spacial score (nSPS) is 13.1. The van der Waals surface area contributed by atoms with Gasteiger partial charge in [-0.3, -0.25) is 9.69 Å². The van der Waals surface area contributed by atoms with Gasteiger partial charge in [0.2, 0.25) is 5.91 Å². The maximum atomic E-state index is 16.1. The fraction of sp³-hybridized carbons (Fsp3) is 0.333. The van der Waals surface area contributed by atoms with Gasteiger partial charge >= 0.3 is 6.09 Å². The Morgan fingerprint density at radius 1 is 0.875 bits per heavy atom. The highest BCUT2D eigenvalue weighted by molar-refractivity contribution is 5.87.